The van der Waals surface area contributed by atoms with Crippen molar-refractivity contribution >= 4 is 11.4 Å². The summed E-state index contributed by atoms with van der Waals surface area (Å²) in [5, 5.41) is 6.85. The van der Waals surface area contributed by atoms with Gasteiger partial charge in [0.2, 0.25) is 0 Å². The summed E-state index contributed by atoms with van der Waals surface area (Å²) in [4.78, 5) is 8.26. The van der Waals surface area contributed by atoms with Crippen LogP contribution in [0, 0.1) is 13.8 Å². The van der Waals surface area contributed by atoms with Gasteiger partial charge in [-0.2, -0.15) is 0 Å². The molecule has 4 nitrogen and oxygen atoms in total. The first-order chi connectivity index (χ1) is 18.3. The highest BCUT2D eigenvalue weighted by atomic mass is 14.9. The summed E-state index contributed by atoms with van der Waals surface area (Å²) < 4.78 is 0. The van der Waals surface area contributed by atoms with Gasteiger partial charge >= 0.3 is 0 Å². The first-order valence-electron chi connectivity index (χ1n) is 13.3. The fraction of sp³-hybridized carbons (Fsp3) is 0.294. The van der Waals surface area contributed by atoms with Crippen molar-refractivity contribution in [2.75, 3.05) is 17.2 Å². The number of aromatic nitrogens is 2. The molecule has 0 atom stereocenters. The van der Waals surface area contributed by atoms with Gasteiger partial charge in [0, 0.05) is 48.4 Å². The number of hydrogen-bond donors (Lipinski definition) is 2. The van der Waals surface area contributed by atoms with Gasteiger partial charge in [0.05, 0.1) is 0 Å². The van der Waals surface area contributed by atoms with Crippen LogP contribution >= 0.6 is 0 Å². The van der Waals surface area contributed by atoms with Crippen LogP contribution in [0.4, 0.5) is 11.4 Å². The van der Waals surface area contributed by atoms with Gasteiger partial charge in [-0.3, -0.25) is 9.97 Å². The van der Waals surface area contributed by atoms with E-state index in [-0.39, 0.29) is 0 Å². The second-order valence-corrected chi connectivity index (χ2v) is 9.74. The van der Waals surface area contributed by atoms with Gasteiger partial charge in [-0.15, -0.1) is 0 Å². The molecule has 0 aliphatic carbocycles. The van der Waals surface area contributed by atoms with Crippen LogP contribution in [0.5, 0.6) is 0 Å². The Hall–Kier alpha value is -3.92. The molecule has 0 saturated carbocycles. The lowest BCUT2D eigenvalue weighted by Crippen LogP contribution is -2.00. The molecule has 0 aliphatic heterocycles. The molecule has 0 aliphatic rings. The van der Waals surface area contributed by atoms with Crippen LogP contribution in [0.1, 0.15) is 58.1 Å². The number of aryl methyl sites for hydroxylation is 2. The van der Waals surface area contributed by atoms with E-state index in [2.05, 4.69) is 117 Å². The van der Waals surface area contributed by atoms with Crippen molar-refractivity contribution in [1.82, 2.24) is 9.97 Å². The fourth-order valence-electron chi connectivity index (χ4n) is 3.61. The minimum atomic E-state index is 0.824. The van der Waals surface area contributed by atoms with E-state index in [0.29, 0.717) is 0 Å². The van der Waals surface area contributed by atoms with Gasteiger partial charge in [0.15, 0.2) is 0 Å². The van der Waals surface area contributed by atoms with Gasteiger partial charge in [-0.05, 0) is 101 Å². The predicted octanol–water partition coefficient (Wildman–Crippen LogP) is 9.20. The van der Waals surface area contributed by atoms with E-state index in [4.69, 9.17) is 0 Å². The van der Waals surface area contributed by atoms with Crippen LogP contribution in [0.2, 0.25) is 0 Å². The molecular weight excluding hydrogens is 464 g/mol. The minimum absolute atomic E-state index is 0.824. The highest BCUT2D eigenvalue weighted by Crippen LogP contribution is 2.16. The Morgan fingerprint density at radius 2 is 1.39 bits per heavy atom. The molecule has 2 rings (SSSR count). The van der Waals surface area contributed by atoms with Crippen molar-refractivity contribution in [1.29, 1.82) is 0 Å². The van der Waals surface area contributed by atoms with Crippen LogP contribution in [-0.4, -0.2) is 16.5 Å². The Balaban J connectivity index is 1.73. The molecule has 0 saturated heterocycles. The molecule has 0 fully saturated rings. The molecule has 0 unspecified atom stereocenters. The summed E-state index contributed by atoms with van der Waals surface area (Å²) in [5.74, 6) is 0. The molecule has 2 N–H and O–H groups in total. The highest BCUT2D eigenvalue weighted by Gasteiger charge is 1.98. The third-order valence-corrected chi connectivity index (χ3v) is 6.13. The Morgan fingerprint density at radius 3 is 2.05 bits per heavy atom. The summed E-state index contributed by atoms with van der Waals surface area (Å²) in [6.07, 6.45) is 27.7. The molecule has 0 bridgehead atoms. The zero-order valence-electron chi connectivity index (χ0n) is 24.0. The van der Waals surface area contributed by atoms with E-state index in [0.717, 1.165) is 59.6 Å². The Morgan fingerprint density at radius 1 is 0.789 bits per heavy atom. The minimum Gasteiger partial charge on any atom is -0.381 e. The molecular formula is C34H44N4. The van der Waals surface area contributed by atoms with Crippen LogP contribution in [0.25, 0.3) is 0 Å². The summed E-state index contributed by atoms with van der Waals surface area (Å²) >= 11 is 0. The van der Waals surface area contributed by atoms with Crippen molar-refractivity contribution in [3.8, 4) is 0 Å². The molecule has 0 radical (unpaired) electrons. The predicted molar refractivity (Wildman–Crippen MR) is 166 cm³/mol. The second-order valence-electron chi connectivity index (χ2n) is 9.74. The molecule has 4 heteroatoms. The summed E-state index contributed by atoms with van der Waals surface area (Å²) in [6, 6.07) is 4.00. The lowest BCUT2D eigenvalue weighted by molar-refractivity contribution is 1.04. The maximum atomic E-state index is 4.22. The number of unbranched alkanes of at least 4 members (excludes halogenated alkanes) is 1. The smallest absolute Gasteiger partial charge is 0.0442 e. The third-order valence-electron chi connectivity index (χ3n) is 6.13. The normalized spacial score (nSPS) is 13.4. The van der Waals surface area contributed by atoms with E-state index >= 15 is 0 Å². The van der Waals surface area contributed by atoms with Crippen molar-refractivity contribution in [2.45, 2.75) is 60.8 Å². The third kappa shape index (κ3) is 11.9. The topological polar surface area (TPSA) is 49.8 Å². The van der Waals surface area contributed by atoms with Crippen LogP contribution < -0.4 is 10.6 Å². The molecule has 0 aromatic carbocycles. The second kappa shape index (κ2) is 16.8. The average molecular weight is 509 g/mol. The lowest BCUT2D eigenvalue weighted by Gasteiger charge is -2.08. The van der Waals surface area contributed by atoms with Crippen molar-refractivity contribution in [3.05, 3.63) is 131 Å². The van der Waals surface area contributed by atoms with Gasteiger partial charge in [-0.25, -0.2) is 0 Å². The maximum absolute atomic E-state index is 4.22. The molecule has 2 heterocycles. The zero-order chi connectivity index (χ0) is 27.8. The summed E-state index contributed by atoms with van der Waals surface area (Å²) in [6.45, 7) is 17.7. The quantitative estimate of drug-likeness (QED) is 0.152. The molecule has 200 valence electrons. The van der Waals surface area contributed by atoms with Crippen LogP contribution in [0.15, 0.2) is 120 Å². The fourth-order valence-corrected chi connectivity index (χ4v) is 3.61. The first-order valence-corrected chi connectivity index (χ1v) is 13.3. The number of anilines is 2. The molecule has 38 heavy (non-hydrogen) atoms. The average Bonchev–Trinajstić information content (AvgIpc) is 2.89. The number of nitrogens with zero attached hydrogens (tertiary/aromatic N) is 2. The number of allylic oxidation sites excluding steroid dienone is 12. The lowest BCUT2D eigenvalue weighted by atomic mass is 10.0. The number of nitrogens with one attached hydrogen (secondary N) is 2. The van der Waals surface area contributed by atoms with Crippen molar-refractivity contribution in [3.63, 3.8) is 0 Å². The number of rotatable bonds is 14. The van der Waals surface area contributed by atoms with Gasteiger partial charge < -0.3 is 10.6 Å². The van der Waals surface area contributed by atoms with Crippen molar-refractivity contribution < 1.29 is 0 Å². The van der Waals surface area contributed by atoms with Crippen molar-refractivity contribution in [2.24, 2.45) is 0 Å². The largest absolute Gasteiger partial charge is 0.381 e. The van der Waals surface area contributed by atoms with Gasteiger partial charge in [0.25, 0.3) is 0 Å². The summed E-state index contributed by atoms with van der Waals surface area (Å²) in [7, 11) is 0. The van der Waals surface area contributed by atoms with Gasteiger partial charge in [-0.1, -0.05) is 60.3 Å². The van der Waals surface area contributed by atoms with Gasteiger partial charge in [0.1, 0.15) is 0 Å². The maximum Gasteiger partial charge on any atom is 0.0442 e. The van der Waals surface area contributed by atoms with E-state index in [1.165, 1.54) is 16.7 Å². The van der Waals surface area contributed by atoms with Crippen LogP contribution in [-0.2, 0) is 0 Å². The monoisotopic (exact) mass is 508 g/mol. The van der Waals surface area contributed by atoms with Crippen LogP contribution in [0.3, 0.4) is 0 Å². The first kappa shape index (κ1) is 30.3. The number of pyridine rings is 2. The number of hydrogen-bond acceptors (Lipinski definition) is 4. The standard InChI is InChI=1S/C34H44N4/c1-26(13-11-9-8-10-12-20-37-33-18-21-35-24-30(33)5)23-27(2)14-15-28(3)29(4)16-17-32(7)38-34-19-22-36-25-31(34)6/h10-19,21-22,24-25H,1,8-9,20,23H2,2-7H3,(H,35,37)(H,36,38)/b12-10-,13-11-,27-14+,28-15+,29-16+,32-17+. The zero-order valence-corrected chi connectivity index (χ0v) is 24.0. The Bertz CT molecular complexity index is 1240. The molecule has 2 aromatic heterocycles. The highest BCUT2D eigenvalue weighted by molar-refractivity contribution is 5.53. The Kier molecular flexibility index (Phi) is 13.4. The molecule has 2 aromatic rings. The summed E-state index contributed by atoms with van der Waals surface area (Å²) in [5.41, 5.74) is 10.5. The molecule has 0 amide bonds. The van der Waals surface area contributed by atoms with E-state index < -0.39 is 0 Å². The Labute approximate surface area is 230 Å². The van der Waals surface area contributed by atoms with E-state index in [1.807, 2.05) is 30.7 Å². The van der Waals surface area contributed by atoms with E-state index in [1.54, 1.807) is 6.20 Å². The SMILES string of the molecule is C=C(/C=C\CC/C=C\CNc1ccncc1C)C/C(C)=C/C=C(C)/C(C)=C/C=C(\C)Nc1ccncc1C. The van der Waals surface area contributed by atoms with E-state index in [9.17, 15) is 0 Å². The molecule has 0 spiro atoms.